The molecule has 23 heavy (non-hydrogen) atoms. The Bertz CT molecular complexity index is 622. The molecule has 0 spiro atoms. The highest BCUT2D eigenvalue weighted by Gasteiger charge is 2.16. The molecule has 0 aliphatic carbocycles. The fourth-order valence-electron chi connectivity index (χ4n) is 2.17. The minimum absolute atomic E-state index is 0.0932. The third-order valence-corrected chi connectivity index (χ3v) is 3.27. The van der Waals surface area contributed by atoms with Crippen molar-refractivity contribution in [2.45, 2.75) is 26.8 Å². The van der Waals surface area contributed by atoms with Gasteiger partial charge in [-0.05, 0) is 43.7 Å². The highest BCUT2D eigenvalue weighted by molar-refractivity contribution is 5.94. The summed E-state index contributed by atoms with van der Waals surface area (Å²) in [5.74, 6) is 1.91. The van der Waals surface area contributed by atoms with E-state index >= 15 is 0 Å². The Labute approximate surface area is 136 Å². The zero-order valence-corrected chi connectivity index (χ0v) is 13.9. The fraction of sp³-hybridized carbons (Fsp3) is 0.389. The van der Waals surface area contributed by atoms with E-state index in [1.165, 1.54) is 0 Å². The molecular formula is C18H23NO4. The maximum Gasteiger partial charge on any atom is 0.254 e. The zero-order valence-electron chi connectivity index (χ0n) is 13.9. The first kappa shape index (κ1) is 16.9. The van der Waals surface area contributed by atoms with Crippen molar-refractivity contribution in [3.8, 4) is 11.5 Å². The Morgan fingerprint density at radius 2 is 2.00 bits per heavy atom. The summed E-state index contributed by atoms with van der Waals surface area (Å²) in [4.78, 5) is 14.1. The summed E-state index contributed by atoms with van der Waals surface area (Å²) in [6, 6.07) is 8.93. The third-order valence-electron chi connectivity index (χ3n) is 3.27. The highest BCUT2D eigenvalue weighted by Crippen LogP contribution is 2.29. The Balaban J connectivity index is 2.14. The Hall–Kier alpha value is -2.43. The van der Waals surface area contributed by atoms with Crippen LogP contribution in [-0.4, -0.2) is 31.1 Å². The molecule has 0 saturated heterocycles. The van der Waals surface area contributed by atoms with Crippen molar-refractivity contribution in [1.82, 2.24) is 4.90 Å². The summed E-state index contributed by atoms with van der Waals surface area (Å²) in [7, 11) is 1.74. The molecule has 1 aromatic carbocycles. The van der Waals surface area contributed by atoms with Gasteiger partial charge in [0.1, 0.15) is 5.76 Å². The van der Waals surface area contributed by atoms with Gasteiger partial charge < -0.3 is 18.8 Å². The van der Waals surface area contributed by atoms with Crippen LogP contribution < -0.4 is 9.47 Å². The molecule has 0 aliphatic heterocycles. The van der Waals surface area contributed by atoms with E-state index < -0.39 is 0 Å². The van der Waals surface area contributed by atoms with Gasteiger partial charge in [-0.25, -0.2) is 0 Å². The molecule has 1 amide bonds. The van der Waals surface area contributed by atoms with Gasteiger partial charge in [-0.3, -0.25) is 4.79 Å². The van der Waals surface area contributed by atoms with E-state index in [4.69, 9.17) is 13.9 Å². The zero-order chi connectivity index (χ0) is 16.7. The van der Waals surface area contributed by atoms with Crippen molar-refractivity contribution >= 4 is 5.91 Å². The quantitative estimate of drug-likeness (QED) is 0.744. The first-order valence-electron chi connectivity index (χ1n) is 7.83. The first-order chi connectivity index (χ1) is 11.2. The van der Waals surface area contributed by atoms with Gasteiger partial charge in [-0.15, -0.1) is 0 Å². The number of hydrogen-bond acceptors (Lipinski definition) is 4. The summed E-state index contributed by atoms with van der Waals surface area (Å²) in [5.41, 5.74) is 0.561. The molecule has 0 unspecified atom stereocenters. The molecule has 2 aromatic rings. The van der Waals surface area contributed by atoms with Crippen LogP contribution in [0.3, 0.4) is 0 Å². The van der Waals surface area contributed by atoms with E-state index in [1.807, 2.05) is 19.9 Å². The molecule has 1 heterocycles. The number of furan rings is 1. The van der Waals surface area contributed by atoms with Crippen LogP contribution >= 0.6 is 0 Å². The van der Waals surface area contributed by atoms with Crippen molar-refractivity contribution in [2.24, 2.45) is 0 Å². The van der Waals surface area contributed by atoms with Crippen LogP contribution in [0.2, 0.25) is 0 Å². The van der Waals surface area contributed by atoms with Crippen molar-refractivity contribution in [3.63, 3.8) is 0 Å². The van der Waals surface area contributed by atoms with Crippen LogP contribution in [0.25, 0.3) is 0 Å². The second-order valence-electron chi connectivity index (χ2n) is 5.18. The standard InChI is InChI=1S/C18H23NO4/c1-4-10-23-16-9-8-14(12-17(16)21-5-2)18(20)19(3)13-15-7-6-11-22-15/h6-9,11-12H,4-5,10,13H2,1-3H3. The molecular weight excluding hydrogens is 294 g/mol. The van der Waals surface area contributed by atoms with Gasteiger partial charge in [0, 0.05) is 12.6 Å². The minimum Gasteiger partial charge on any atom is -0.490 e. The summed E-state index contributed by atoms with van der Waals surface area (Å²) in [6.45, 7) is 5.50. The maximum atomic E-state index is 12.5. The number of benzene rings is 1. The van der Waals surface area contributed by atoms with Crippen molar-refractivity contribution < 1.29 is 18.7 Å². The summed E-state index contributed by atoms with van der Waals surface area (Å²) in [6.07, 6.45) is 2.51. The van der Waals surface area contributed by atoms with Gasteiger partial charge in [-0.2, -0.15) is 0 Å². The number of carbonyl (C=O) groups excluding carboxylic acids is 1. The number of nitrogens with zero attached hydrogens (tertiary/aromatic N) is 1. The van der Waals surface area contributed by atoms with E-state index in [2.05, 4.69) is 0 Å². The van der Waals surface area contributed by atoms with Gasteiger partial charge in [0.2, 0.25) is 0 Å². The first-order valence-corrected chi connectivity index (χ1v) is 7.83. The third kappa shape index (κ3) is 4.52. The van der Waals surface area contributed by atoms with Crippen LogP contribution in [0.5, 0.6) is 11.5 Å². The SMILES string of the molecule is CCCOc1ccc(C(=O)N(C)Cc2ccco2)cc1OCC. The van der Waals surface area contributed by atoms with Gasteiger partial charge in [0.25, 0.3) is 5.91 Å². The number of amides is 1. The lowest BCUT2D eigenvalue weighted by molar-refractivity contribution is 0.0775. The van der Waals surface area contributed by atoms with E-state index in [9.17, 15) is 4.79 Å². The number of carbonyl (C=O) groups is 1. The molecule has 0 atom stereocenters. The van der Waals surface area contributed by atoms with Crippen LogP contribution in [0.4, 0.5) is 0 Å². The lowest BCUT2D eigenvalue weighted by Gasteiger charge is -2.17. The normalized spacial score (nSPS) is 10.4. The van der Waals surface area contributed by atoms with Gasteiger partial charge >= 0.3 is 0 Å². The lowest BCUT2D eigenvalue weighted by atomic mass is 10.1. The second-order valence-corrected chi connectivity index (χ2v) is 5.18. The molecule has 0 radical (unpaired) electrons. The number of ether oxygens (including phenoxy) is 2. The Morgan fingerprint density at radius 1 is 1.17 bits per heavy atom. The predicted octanol–water partition coefficient (Wildman–Crippen LogP) is 3.74. The van der Waals surface area contributed by atoms with E-state index in [-0.39, 0.29) is 5.91 Å². The summed E-state index contributed by atoms with van der Waals surface area (Å²) < 4.78 is 16.5. The van der Waals surface area contributed by atoms with E-state index in [0.29, 0.717) is 36.8 Å². The van der Waals surface area contributed by atoms with Crippen molar-refractivity contribution in [2.75, 3.05) is 20.3 Å². The van der Waals surface area contributed by atoms with Crippen LogP contribution in [0.1, 0.15) is 36.4 Å². The van der Waals surface area contributed by atoms with E-state index in [0.717, 1.165) is 12.2 Å². The molecule has 124 valence electrons. The van der Waals surface area contributed by atoms with Crippen LogP contribution in [-0.2, 0) is 6.54 Å². The second kappa shape index (κ2) is 8.27. The Morgan fingerprint density at radius 3 is 2.65 bits per heavy atom. The van der Waals surface area contributed by atoms with Gasteiger partial charge in [-0.1, -0.05) is 6.92 Å². The number of hydrogen-bond donors (Lipinski definition) is 0. The lowest BCUT2D eigenvalue weighted by Crippen LogP contribution is -2.26. The molecule has 2 rings (SSSR count). The Kier molecular flexibility index (Phi) is 6.09. The highest BCUT2D eigenvalue weighted by atomic mass is 16.5. The summed E-state index contributed by atoms with van der Waals surface area (Å²) >= 11 is 0. The molecule has 0 saturated carbocycles. The maximum absolute atomic E-state index is 12.5. The molecule has 0 N–H and O–H groups in total. The monoisotopic (exact) mass is 317 g/mol. The van der Waals surface area contributed by atoms with E-state index in [1.54, 1.807) is 42.5 Å². The van der Waals surface area contributed by atoms with Crippen molar-refractivity contribution in [1.29, 1.82) is 0 Å². The molecule has 5 nitrogen and oxygen atoms in total. The average molecular weight is 317 g/mol. The molecule has 1 aromatic heterocycles. The smallest absolute Gasteiger partial charge is 0.254 e. The largest absolute Gasteiger partial charge is 0.490 e. The number of rotatable bonds is 8. The van der Waals surface area contributed by atoms with Crippen LogP contribution in [0, 0.1) is 0 Å². The van der Waals surface area contributed by atoms with Crippen LogP contribution in [0.15, 0.2) is 41.0 Å². The van der Waals surface area contributed by atoms with Crippen molar-refractivity contribution in [3.05, 3.63) is 47.9 Å². The molecule has 5 heteroatoms. The molecule has 0 aliphatic rings. The van der Waals surface area contributed by atoms with Gasteiger partial charge in [0.05, 0.1) is 26.0 Å². The molecule has 0 fully saturated rings. The molecule has 0 bridgehead atoms. The average Bonchev–Trinajstić information content (AvgIpc) is 3.06. The fourth-order valence-corrected chi connectivity index (χ4v) is 2.17. The minimum atomic E-state index is -0.0932. The topological polar surface area (TPSA) is 51.9 Å². The summed E-state index contributed by atoms with van der Waals surface area (Å²) in [5, 5.41) is 0. The predicted molar refractivity (Wildman–Crippen MR) is 87.9 cm³/mol. The van der Waals surface area contributed by atoms with Gasteiger partial charge in [0.15, 0.2) is 11.5 Å².